The Hall–Kier alpha value is -0.420. The Bertz CT molecular complexity index is 307. The van der Waals surface area contributed by atoms with Gasteiger partial charge in [0.05, 0.1) is 6.10 Å². The highest BCUT2D eigenvalue weighted by Gasteiger charge is 2.18. The fraction of sp³-hybridized carbons (Fsp3) is 0.692. The van der Waals surface area contributed by atoms with E-state index in [2.05, 4.69) is 27.3 Å². The van der Waals surface area contributed by atoms with Crippen LogP contribution in [0, 0.1) is 0 Å². The Balaban J connectivity index is 1.71. The first-order valence-electron chi connectivity index (χ1n) is 6.43. The summed E-state index contributed by atoms with van der Waals surface area (Å²) in [6.07, 6.45) is 0.703. The highest BCUT2D eigenvalue weighted by Crippen LogP contribution is 2.13. The molecule has 1 aliphatic heterocycles. The first kappa shape index (κ1) is 13.0. The van der Waals surface area contributed by atoms with E-state index in [-0.39, 0.29) is 6.10 Å². The quantitative estimate of drug-likeness (QED) is 0.865. The van der Waals surface area contributed by atoms with Crippen molar-refractivity contribution in [2.24, 2.45) is 0 Å². The fourth-order valence-corrected chi connectivity index (χ4v) is 2.93. The van der Waals surface area contributed by atoms with E-state index in [0.29, 0.717) is 0 Å². The van der Waals surface area contributed by atoms with Crippen molar-refractivity contribution in [3.8, 4) is 0 Å². The summed E-state index contributed by atoms with van der Waals surface area (Å²) in [4.78, 5) is 6.33. The van der Waals surface area contributed by atoms with Gasteiger partial charge < -0.3 is 5.11 Å². The third-order valence-corrected chi connectivity index (χ3v) is 4.23. The van der Waals surface area contributed by atoms with Crippen LogP contribution in [0.15, 0.2) is 17.5 Å². The monoisotopic (exact) mass is 254 g/mol. The van der Waals surface area contributed by atoms with Gasteiger partial charge >= 0.3 is 0 Å². The van der Waals surface area contributed by atoms with E-state index in [1.54, 1.807) is 0 Å². The molecule has 1 saturated heterocycles. The molecule has 96 valence electrons. The van der Waals surface area contributed by atoms with Crippen LogP contribution >= 0.6 is 11.3 Å². The number of rotatable bonds is 5. The number of aliphatic hydroxyl groups is 1. The molecular formula is C13H22N2OS. The van der Waals surface area contributed by atoms with E-state index in [1.165, 1.54) is 4.88 Å². The lowest BCUT2D eigenvalue weighted by Crippen LogP contribution is -2.47. The smallest absolute Gasteiger partial charge is 0.0664 e. The largest absolute Gasteiger partial charge is 0.392 e. The molecule has 1 atom stereocenters. The molecule has 0 spiro atoms. The lowest BCUT2D eigenvalue weighted by molar-refractivity contribution is 0.0690. The molecule has 1 fully saturated rings. The van der Waals surface area contributed by atoms with Crippen molar-refractivity contribution >= 4 is 11.3 Å². The minimum atomic E-state index is -0.154. The molecule has 1 N–H and O–H groups in total. The molecule has 1 aromatic rings. The average Bonchev–Trinajstić information content (AvgIpc) is 2.84. The second-order valence-electron chi connectivity index (χ2n) is 4.72. The van der Waals surface area contributed by atoms with Crippen molar-refractivity contribution in [2.75, 3.05) is 32.7 Å². The van der Waals surface area contributed by atoms with Crippen molar-refractivity contribution < 1.29 is 5.11 Å². The van der Waals surface area contributed by atoms with Gasteiger partial charge in [0.25, 0.3) is 0 Å². The molecule has 0 radical (unpaired) electrons. The van der Waals surface area contributed by atoms with Gasteiger partial charge in [-0.05, 0) is 17.9 Å². The van der Waals surface area contributed by atoms with E-state index >= 15 is 0 Å². The van der Waals surface area contributed by atoms with E-state index in [1.807, 2.05) is 18.3 Å². The Kier molecular flexibility index (Phi) is 4.98. The third-order valence-electron chi connectivity index (χ3n) is 3.36. The van der Waals surface area contributed by atoms with E-state index in [9.17, 15) is 5.11 Å². The summed E-state index contributed by atoms with van der Waals surface area (Å²) in [7, 11) is 0. The molecular weight excluding hydrogens is 232 g/mol. The Morgan fingerprint density at radius 1 is 1.29 bits per heavy atom. The molecule has 1 unspecified atom stereocenters. The van der Waals surface area contributed by atoms with Crippen LogP contribution in [0.5, 0.6) is 0 Å². The van der Waals surface area contributed by atoms with E-state index in [4.69, 9.17) is 0 Å². The number of β-amino-alcohol motifs (C(OH)–C–C–N with tert-alkyl or cyclic N) is 1. The zero-order valence-electron chi connectivity index (χ0n) is 10.5. The predicted octanol–water partition coefficient (Wildman–Crippen LogP) is 1.64. The molecule has 17 heavy (non-hydrogen) atoms. The van der Waals surface area contributed by atoms with Crippen LogP contribution in [0.2, 0.25) is 0 Å². The molecule has 0 bridgehead atoms. The van der Waals surface area contributed by atoms with Gasteiger partial charge in [-0.3, -0.25) is 9.80 Å². The lowest BCUT2D eigenvalue weighted by Gasteiger charge is -2.35. The van der Waals surface area contributed by atoms with Crippen LogP contribution in [0.3, 0.4) is 0 Å². The normalized spacial score (nSPS) is 20.6. The van der Waals surface area contributed by atoms with Crippen molar-refractivity contribution in [2.45, 2.75) is 26.0 Å². The zero-order valence-corrected chi connectivity index (χ0v) is 11.3. The van der Waals surface area contributed by atoms with Crippen molar-refractivity contribution in [3.63, 3.8) is 0 Å². The summed E-state index contributed by atoms with van der Waals surface area (Å²) in [5, 5.41) is 11.8. The Morgan fingerprint density at radius 2 is 2.00 bits per heavy atom. The van der Waals surface area contributed by atoms with Gasteiger partial charge in [0.2, 0.25) is 0 Å². The van der Waals surface area contributed by atoms with Gasteiger partial charge in [-0.25, -0.2) is 0 Å². The fourth-order valence-electron chi connectivity index (χ4n) is 2.18. The van der Waals surface area contributed by atoms with Crippen LogP contribution < -0.4 is 0 Å². The topological polar surface area (TPSA) is 26.7 Å². The maximum atomic E-state index is 9.63. The minimum Gasteiger partial charge on any atom is -0.392 e. The van der Waals surface area contributed by atoms with Crippen LogP contribution in [0.1, 0.15) is 18.2 Å². The summed E-state index contributed by atoms with van der Waals surface area (Å²) >= 11 is 1.84. The number of aliphatic hydroxyl groups excluding tert-OH is 1. The summed E-state index contributed by atoms with van der Waals surface area (Å²) in [5.41, 5.74) is 0. The van der Waals surface area contributed by atoms with Gasteiger partial charge in [-0.2, -0.15) is 0 Å². The molecule has 1 aliphatic rings. The van der Waals surface area contributed by atoms with Crippen molar-refractivity contribution in [1.82, 2.24) is 9.80 Å². The van der Waals surface area contributed by atoms with Gasteiger partial charge in [-0.1, -0.05) is 13.0 Å². The molecule has 1 aromatic heterocycles. The standard InChI is InChI=1S/C13H22N2OS/c1-2-12(16)10-14-5-7-15(8-6-14)11-13-4-3-9-17-13/h3-4,9,12,16H,2,5-8,10-11H2,1H3. The number of hydrogen-bond acceptors (Lipinski definition) is 4. The van der Waals surface area contributed by atoms with Crippen LogP contribution in [-0.4, -0.2) is 53.7 Å². The third kappa shape index (κ3) is 4.07. The number of thiophene rings is 1. The molecule has 0 aliphatic carbocycles. The minimum absolute atomic E-state index is 0.154. The second kappa shape index (κ2) is 6.50. The average molecular weight is 254 g/mol. The highest BCUT2D eigenvalue weighted by molar-refractivity contribution is 7.09. The summed E-state index contributed by atoms with van der Waals surface area (Å²) in [6, 6.07) is 4.33. The summed E-state index contributed by atoms with van der Waals surface area (Å²) in [5.74, 6) is 0. The second-order valence-corrected chi connectivity index (χ2v) is 5.75. The summed E-state index contributed by atoms with van der Waals surface area (Å²) < 4.78 is 0. The number of piperazine rings is 1. The highest BCUT2D eigenvalue weighted by atomic mass is 32.1. The zero-order chi connectivity index (χ0) is 12.1. The molecule has 0 aromatic carbocycles. The van der Waals surface area contributed by atoms with Crippen LogP contribution in [-0.2, 0) is 6.54 Å². The Labute approximate surface area is 108 Å². The number of hydrogen-bond donors (Lipinski definition) is 1. The molecule has 0 amide bonds. The van der Waals surface area contributed by atoms with Crippen LogP contribution in [0.25, 0.3) is 0 Å². The van der Waals surface area contributed by atoms with Crippen molar-refractivity contribution in [3.05, 3.63) is 22.4 Å². The van der Waals surface area contributed by atoms with E-state index < -0.39 is 0 Å². The van der Waals surface area contributed by atoms with Gasteiger partial charge in [0, 0.05) is 44.1 Å². The number of nitrogens with zero attached hydrogens (tertiary/aromatic N) is 2. The molecule has 2 heterocycles. The molecule has 2 rings (SSSR count). The van der Waals surface area contributed by atoms with Crippen molar-refractivity contribution in [1.29, 1.82) is 0 Å². The lowest BCUT2D eigenvalue weighted by atomic mass is 10.2. The SMILES string of the molecule is CCC(O)CN1CCN(Cc2cccs2)CC1. The molecule has 4 heteroatoms. The van der Waals surface area contributed by atoms with Gasteiger partial charge in [-0.15, -0.1) is 11.3 Å². The van der Waals surface area contributed by atoms with Gasteiger partial charge in [0.1, 0.15) is 0 Å². The van der Waals surface area contributed by atoms with Gasteiger partial charge in [0.15, 0.2) is 0 Å². The summed E-state index contributed by atoms with van der Waals surface area (Å²) in [6.45, 7) is 8.37. The van der Waals surface area contributed by atoms with Crippen LogP contribution in [0.4, 0.5) is 0 Å². The van der Waals surface area contributed by atoms with E-state index in [0.717, 1.165) is 45.7 Å². The maximum Gasteiger partial charge on any atom is 0.0664 e. The first-order chi connectivity index (χ1) is 8.28. The predicted molar refractivity (Wildman–Crippen MR) is 72.3 cm³/mol. The Morgan fingerprint density at radius 3 is 2.59 bits per heavy atom. The maximum absolute atomic E-state index is 9.63. The first-order valence-corrected chi connectivity index (χ1v) is 7.31. The molecule has 0 saturated carbocycles. The molecule has 3 nitrogen and oxygen atoms in total.